The molecule has 4 heterocycles. The lowest BCUT2D eigenvalue weighted by atomic mass is 9.84. The maximum atomic E-state index is 13.4. The first-order chi connectivity index (χ1) is 36.8. The summed E-state index contributed by atoms with van der Waals surface area (Å²) in [4.78, 5) is 59.8. The minimum absolute atomic E-state index is 0.00863. The Morgan fingerprint density at radius 2 is 0.908 bits per heavy atom. The summed E-state index contributed by atoms with van der Waals surface area (Å²) in [5.41, 5.74) is 11.0. The number of fused-ring (bicyclic) bond motifs is 4. The molecule has 402 valence electrons. The lowest BCUT2D eigenvalue weighted by Gasteiger charge is -2.33. The number of amides is 6. The first-order valence-corrected chi connectivity index (χ1v) is 27.0. The van der Waals surface area contributed by atoms with Crippen LogP contribution in [-0.2, 0) is 45.1 Å². The molecule has 9 rings (SSSR count). The van der Waals surface area contributed by atoms with E-state index in [-0.39, 0.29) is 36.7 Å². The van der Waals surface area contributed by atoms with Crippen LogP contribution in [0.1, 0.15) is 77.1 Å². The average Bonchev–Trinajstić information content (AvgIpc) is 3.93. The third kappa shape index (κ3) is 13.8. The van der Waals surface area contributed by atoms with E-state index in [4.69, 9.17) is 65.4 Å². The van der Waals surface area contributed by atoms with Gasteiger partial charge in [-0.1, -0.05) is 70.7 Å². The number of hydrogen-bond acceptors (Lipinski definition) is 10. The van der Waals surface area contributed by atoms with Gasteiger partial charge in [-0.2, -0.15) is 0 Å². The zero-order chi connectivity index (χ0) is 53.3. The van der Waals surface area contributed by atoms with Crippen LogP contribution in [0.3, 0.4) is 0 Å². The fourth-order valence-corrected chi connectivity index (χ4v) is 11.4. The Hall–Kier alpha value is -5.50. The minimum atomic E-state index is -0.396. The van der Waals surface area contributed by atoms with Crippen molar-refractivity contribution < 1.29 is 38.1 Å². The summed E-state index contributed by atoms with van der Waals surface area (Å²) in [6.45, 7) is 8.34. The van der Waals surface area contributed by atoms with Gasteiger partial charge < -0.3 is 59.8 Å². The van der Waals surface area contributed by atoms with Crippen molar-refractivity contribution in [3.05, 3.63) is 161 Å². The van der Waals surface area contributed by atoms with Gasteiger partial charge in [-0.15, -0.1) is 0 Å². The molecule has 0 bridgehead atoms. The molecule has 0 saturated heterocycles. The number of likely N-dealkylation sites (N-methyl/N-ethyl adjacent to an activating group) is 2. The van der Waals surface area contributed by atoms with E-state index in [1.54, 1.807) is 46.2 Å². The fraction of sp³-hybridized carbons (Fsp3) is 0.393. The van der Waals surface area contributed by atoms with Crippen molar-refractivity contribution in [1.29, 1.82) is 0 Å². The van der Waals surface area contributed by atoms with Crippen molar-refractivity contribution in [1.82, 2.24) is 30.2 Å². The number of halogens is 4. The number of urea groups is 2. The Morgan fingerprint density at radius 3 is 1.32 bits per heavy atom. The smallest absolute Gasteiger partial charge is 0.319 e. The zero-order valence-electron chi connectivity index (χ0n) is 42.5. The predicted octanol–water partition coefficient (Wildman–Crippen LogP) is 9.08. The van der Waals surface area contributed by atoms with Crippen LogP contribution in [0.2, 0.25) is 20.1 Å². The highest BCUT2D eigenvalue weighted by atomic mass is 35.5. The molecule has 5 aromatic rings. The normalized spacial score (nSPS) is 17.1. The summed E-state index contributed by atoms with van der Waals surface area (Å²) in [6, 6.07) is 25.8. The molecule has 4 N–H and O–H groups in total. The van der Waals surface area contributed by atoms with Crippen molar-refractivity contribution in [3.8, 4) is 0 Å². The number of hydrogen-bond donors (Lipinski definition) is 4. The third-order valence-corrected chi connectivity index (χ3v) is 15.1. The standard InChI is InChI=1S/C56H62Cl4N8O8/c1-65-31-47(45-25-39(57)27-51(59)49(45)33-65)35-3-5-37-29-67(53(69)43(37)23-35)13-17-75-21-19-73-15-11-61-55(71)63-41-7-9-42(10-8-41)64-56(72)62-12-16-74-20-22-76-18-14-68-30-38-6-4-36(24-44(38)54(68)70)48-32-66(2)34-50-46(48)26-40(58)28-52(50)60/h3-10,23-28,47-48H,11-22,29-34H2,1-2H3,(H2,61,63,71)(H2,62,64,72). The summed E-state index contributed by atoms with van der Waals surface area (Å²) >= 11 is 25.9. The largest absolute Gasteiger partial charge is 0.377 e. The summed E-state index contributed by atoms with van der Waals surface area (Å²) in [6.07, 6.45) is 0. The number of anilines is 2. The third-order valence-electron chi connectivity index (χ3n) is 14.0. The van der Waals surface area contributed by atoms with Crippen molar-refractivity contribution in [3.63, 3.8) is 0 Å². The molecule has 0 aromatic heterocycles. The average molecular weight is 1120 g/mol. The van der Waals surface area contributed by atoms with E-state index in [1.165, 1.54) is 0 Å². The van der Waals surface area contributed by atoms with E-state index >= 15 is 0 Å². The lowest BCUT2D eigenvalue weighted by molar-refractivity contribution is 0.0377. The van der Waals surface area contributed by atoms with Gasteiger partial charge in [-0.05, 0) is 119 Å². The number of carbonyl (C=O) groups excluding carboxylic acids is 4. The summed E-state index contributed by atoms with van der Waals surface area (Å²) in [5, 5.41) is 13.6. The number of benzene rings is 5. The number of nitrogens with one attached hydrogen (secondary N) is 4. The van der Waals surface area contributed by atoms with Gasteiger partial charge in [-0.25, -0.2) is 9.59 Å². The molecular formula is C56H62Cl4N8O8. The Balaban J connectivity index is 0.575. The van der Waals surface area contributed by atoms with Crippen molar-refractivity contribution in [2.75, 3.05) is 117 Å². The molecule has 5 aromatic carbocycles. The van der Waals surface area contributed by atoms with Gasteiger partial charge in [0.05, 0.1) is 52.9 Å². The van der Waals surface area contributed by atoms with Crippen LogP contribution in [0.5, 0.6) is 0 Å². The molecule has 76 heavy (non-hydrogen) atoms. The maximum absolute atomic E-state index is 13.4. The highest BCUT2D eigenvalue weighted by Crippen LogP contribution is 2.41. The van der Waals surface area contributed by atoms with Gasteiger partial charge in [0.15, 0.2) is 0 Å². The fourth-order valence-electron chi connectivity index (χ4n) is 10.3. The van der Waals surface area contributed by atoms with Gasteiger partial charge in [0.1, 0.15) is 0 Å². The second kappa shape index (κ2) is 25.8. The molecule has 2 unspecified atom stereocenters. The molecule has 4 aliphatic rings. The van der Waals surface area contributed by atoms with Crippen LogP contribution in [0.4, 0.5) is 21.0 Å². The van der Waals surface area contributed by atoms with Crippen LogP contribution in [0, 0.1) is 0 Å². The van der Waals surface area contributed by atoms with Crippen molar-refractivity contribution >= 4 is 81.7 Å². The summed E-state index contributed by atoms with van der Waals surface area (Å²) in [5.74, 6) is 0.0875. The summed E-state index contributed by atoms with van der Waals surface area (Å²) < 4.78 is 22.8. The Kier molecular flexibility index (Phi) is 18.7. The molecule has 0 fully saturated rings. The Bertz CT molecular complexity index is 2740. The first-order valence-electron chi connectivity index (χ1n) is 25.5. The SMILES string of the molecule is CN1Cc2c(Cl)cc(Cl)cc2C(c2ccc3c(c2)C(=O)N(CCOCCOCCNC(=O)Nc2ccc(NC(=O)NCCOCCOCCN4Cc5ccc(C6CN(C)Cc7c(Cl)cc(Cl)cc76)cc5C4=O)cc2)C3)C1. The van der Waals surface area contributed by atoms with Gasteiger partial charge >= 0.3 is 12.1 Å². The molecular weight excluding hydrogens is 1050 g/mol. The van der Waals surface area contributed by atoms with Crippen LogP contribution in [0.25, 0.3) is 0 Å². The molecule has 20 heteroatoms. The zero-order valence-corrected chi connectivity index (χ0v) is 45.6. The van der Waals surface area contributed by atoms with E-state index in [0.29, 0.717) is 110 Å². The molecule has 0 spiro atoms. The number of carbonyl (C=O) groups is 4. The number of ether oxygens (including phenoxy) is 4. The Morgan fingerprint density at radius 1 is 0.513 bits per heavy atom. The van der Waals surface area contributed by atoms with Crippen LogP contribution in [-0.4, -0.2) is 150 Å². The molecule has 4 aliphatic heterocycles. The van der Waals surface area contributed by atoms with E-state index in [2.05, 4.69) is 57.3 Å². The summed E-state index contributed by atoms with van der Waals surface area (Å²) in [7, 11) is 4.14. The Labute approximate surface area is 463 Å². The predicted molar refractivity (Wildman–Crippen MR) is 295 cm³/mol. The highest BCUT2D eigenvalue weighted by Gasteiger charge is 2.33. The van der Waals surface area contributed by atoms with Gasteiger partial charge in [0.25, 0.3) is 11.8 Å². The van der Waals surface area contributed by atoms with Crippen LogP contribution < -0.4 is 21.3 Å². The second-order valence-electron chi connectivity index (χ2n) is 19.5. The van der Waals surface area contributed by atoms with E-state index < -0.39 is 12.1 Å². The van der Waals surface area contributed by atoms with Gasteiger partial charge in [0.2, 0.25) is 0 Å². The molecule has 16 nitrogen and oxygen atoms in total. The van der Waals surface area contributed by atoms with Crippen molar-refractivity contribution in [2.24, 2.45) is 0 Å². The first kappa shape index (κ1) is 55.3. The molecule has 6 amide bonds. The molecule has 0 saturated carbocycles. The second-order valence-corrected chi connectivity index (χ2v) is 21.2. The molecule has 2 atom stereocenters. The highest BCUT2D eigenvalue weighted by molar-refractivity contribution is 6.36. The van der Waals surface area contributed by atoms with Crippen molar-refractivity contribution in [2.45, 2.75) is 38.0 Å². The maximum Gasteiger partial charge on any atom is 0.319 e. The molecule has 0 aliphatic carbocycles. The lowest BCUT2D eigenvalue weighted by Crippen LogP contribution is -2.32. The van der Waals surface area contributed by atoms with E-state index in [9.17, 15) is 19.2 Å². The van der Waals surface area contributed by atoms with E-state index in [0.717, 1.165) is 81.8 Å². The van der Waals surface area contributed by atoms with Crippen LogP contribution in [0.15, 0.2) is 84.9 Å². The quantitative estimate of drug-likeness (QED) is 0.0492. The number of rotatable bonds is 22. The topological polar surface area (TPSA) is 166 Å². The number of nitrogens with zero attached hydrogens (tertiary/aromatic N) is 4. The van der Waals surface area contributed by atoms with Gasteiger partial charge in [0, 0.05) is 120 Å². The van der Waals surface area contributed by atoms with Crippen LogP contribution >= 0.6 is 46.4 Å². The van der Waals surface area contributed by atoms with E-state index in [1.807, 2.05) is 36.4 Å². The monoisotopic (exact) mass is 1110 g/mol. The molecule has 0 radical (unpaired) electrons. The van der Waals surface area contributed by atoms with Gasteiger partial charge in [-0.3, -0.25) is 9.59 Å². The minimum Gasteiger partial charge on any atom is -0.377 e.